The number of rotatable bonds is 6. The maximum absolute atomic E-state index is 13.6. The molecule has 1 saturated heterocycles. The molecule has 3 aromatic rings. The predicted octanol–water partition coefficient (Wildman–Crippen LogP) is 3.57. The maximum atomic E-state index is 13.6. The van der Waals surface area contributed by atoms with Crippen LogP contribution in [0.15, 0.2) is 40.2 Å². The zero-order chi connectivity index (χ0) is 28.2. The van der Waals surface area contributed by atoms with Crippen LogP contribution in [0.1, 0.15) is 49.6 Å². The Kier molecular flexibility index (Phi) is 6.95. The predicted molar refractivity (Wildman–Crippen MR) is 154 cm³/mol. The van der Waals surface area contributed by atoms with Crippen LogP contribution in [0.2, 0.25) is 0 Å². The number of amides is 1. The quantitative estimate of drug-likeness (QED) is 0.499. The standard InChI is InChI=1S/C29H37N5O4S/c1-17-13-22(20(4)31-25-10-7-18(2)30-27(25)39(6,37)38)23-15-26(32(5)29(36)24(23)14-17)33-11-12-34(19(3)16-33)28(35)21-8-9-21/h7,10,13-15,19-21,31H,8-9,11-12,16H2,1-6H3/t19-,20+/m0/s1. The van der Waals surface area contributed by atoms with E-state index in [2.05, 4.69) is 28.2 Å². The molecule has 0 radical (unpaired) electrons. The Labute approximate surface area is 229 Å². The Bertz CT molecular complexity index is 1630. The molecule has 0 unspecified atom stereocenters. The summed E-state index contributed by atoms with van der Waals surface area (Å²) in [5.74, 6) is 1.26. The average Bonchev–Trinajstić information content (AvgIpc) is 3.72. The highest BCUT2D eigenvalue weighted by molar-refractivity contribution is 7.90. The second-order valence-corrected chi connectivity index (χ2v) is 13.2. The van der Waals surface area contributed by atoms with Crippen molar-refractivity contribution in [2.75, 3.05) is 36.1 Å². The largest absolute Gasteiger partial charge is 0.376 e. The summed E-state index contributed by atoms with van der Waals surface area (Å²) in [6, 6.07) is 9.27. The number of nitrogens with zero attached hydrogens (tertiary/aromatic N) is 4. The van der Waals surface area contributed by atoms with Gasteiger partial charge < -0.3 is 15.1 Å². The number of hydrogen-bond donors (Lipinski definition) is 1. The van der Waals surface area contributed by atoms with Crippen molar-refractivity contribution in [3.63, 3.8) is 0 Å². The van der Waals surface area contributed by atoms with E-state index in [0.717, 1.165) is 41.4 Å². The van der Waals surface area contributed by atoms with E-state index in [9.17, 15) is 18.0 Å². The SMILES string of the molecule is Cc1cc([C@@H](C)Nc2ccc(C)nc2S(C)(=O)=O)c2cc(N3CCN(C(=O)C4CC4)[C@@H](C)C3)n(C)c(=O)c2c1. The molecule has 1 amide bonds. The van der Waals surface area contributed by atoms with Crippen LogP contribution in [0.4, 0.5) is 11.5 Å². The van der Waals surface area contributed by atoms with Crippen molar-refractivity contribution in [2.45, 2.75) is 57.6 Å². The third-order valence-corrected chi connectivity index (χ3v) is 8.87. The topological polar surface area (TPSA) is 105 Å². The number of nitrogens with one attached hydrogen (secondary N) is 1. The first kappa shape index (κ1) is 27.2. The molecule has 10 heteroatoms. The number of sulfone groups is 1. The van der Waals surface area contributed by atoms with Gasteiger partial charge in [0.2, 0.25) is 5.91 Å². The summed E-state index contributed by atoms with van der Waals surface area (Å²) in [4.78, 5) is 34.8. The highest BCUT2D eigenvalue weighted by Gasteiger charge is 2.37. The monoisotopic (exact) mass is 551 g/mol. The lowest BCUT2D eigenvalue weighted by Gasteiger charge is -2.41. The molecule has 1 saturated carbocycles. The summed E-state index contributed by atoms with van der Waals surface area (Å²) in [6.45, 7) is 9.69. The highest BCUT2D eigenvalue weighted by atomic mass is 32.2. The zero-order valence-corrected chi connectivity index (χ0v) is 24.3. The molecule has 1 aliphatic carbocycles. The third kappa shape index (κ3) is 5.26. The summed E-state index contributed by atoms with van der Waals surface area (Å²) in [5, 5.41) is 4.80. The van der Waals surface area contributed by atoms with Crippen LogP contribution in [-0.2, 0) is 21.7 Å². The minimum atomic E-state index is -3.55. The third-order valence-electron chi connectivity index (χ3n) is 7.86. The normalized spacial score (nSPS) is 18.9. The van der Waals surface area contributed by atoms with Gasteiger partial charge in [0.1, 0.15) is 5.82 Å². The fourth-order valence-electron chi connectivity index (χ4n) is 5.63. The molecule has 208 valence electrons. The lowest BCUT2D eigenvalue weighted by molar-refractivity contribution is -0.134. The highest BCUT2D eigenvalue weighted by Crippen LogP contribution is 2.34. The van der Waals surface area contributed by atoms with Crippen LogP contribution < -0.4 is 15.8 Å². The van der Waals surface area contributed by atoms with Crippen molar-refractivity contribution in [1.29, 1.82) is 0 Å². The number of carbonyl (C=O) groups is 1. The van der Waals surface area contributed by atoms with Crippen molar-refractivity contribution in [3.05, 3.63) is 57.5 Å². The van der Waals surface area contributed by atoms with Gasteiger partial charge in [-0.05, 0) is 81.3 Å². The van der Waals surface area contributed by atoms with Crippen LogP contribution in [0, 0.1) is 19.8 Å². The molecule has 2 fully saturated rings. The van der Waals surface area contributed by atoms with Gasteiger partial charge in [-0.15, -0.1) is 0 Å². The molecular weight excluding hydrogens is 514 g/mol. The molecule has 2 aliphatic rings. The molecule has 1 aromatic carbocycles. The molecule has 3 heterocycles. The molecule has 0 bridgehead atoms. The Hall–Kier alpha value is -3.40. The van der Waals surface area contributed by atoms with Crippen molar-refractivity contribution in [1.82, 2.24) is 14.5 Å². The first-order chi connectivity index (χ1) is 18.3. The first-order valence-corrected chi connectivity index (χ1v) is 15.4. The van der Waals surface area contributed by atoms with Gasteiger partial charge in [-0.3, -0.25) is 14.2 Å². The number of carbonyl (C=O) groups excluding carboxylic acids is 1. The number of aryl methyl sites for hydroxylation is 2. The second kappa shape index (κ2) is 9.97. The molecule has 2 aromatic heterocycles. The number of benzene rings is 1. The summed E-state index contributed by atoms with van der Waals surface area (Å²) in [5.41, 5.74) is 2.81. The number of hydrogen-bond acceptors (Lipinski definition) is 7. The lowest BCUT2D eigenvalue weighted by Crippen LogP contribution is -2.55. The van der Waals surface area contributed by atoms with Crippen LogP contribution >= 0.6 is 0 Å². The fourth-order valence-corrected chi connectivity index (χ4v) is 6.47. The summed E-state index contributed by atoms with van der Waals surface area (Å²) < 4.78 is 26.6. The van der Waals surface area contributed by atoms with E-state index >= 15 is 0 Å². The van der Waals surface area contributed by atoms with Gasteiger partial charge >= 0.3 is 0 Å². The lowest BCUT2D eigenvalue weighted by atomic mass is 9.97. The Morgan fingerprint density at radius 2 is 1.82 bits per heavy atom. The minimum absolute atomic E-state index is 0.00974. The van der Waals surface area contributed by atoms with Gasteiger partial charge in [-0.25, -0.2) is 13.4 Å². The zero-order valence-electron chi connectivity index (χ0n) is 23.5. The van der Waals surface area contributed by atoms with Gasteiger partial charge in [0, 0.05) is 62.0 Å². The van der Waals surface area contributed by atoms with E-state index in [1.54, 1.807) is 30.7 Å². The summed E-state index contributed by atoms with van der Waals surface area (Å²) in [7, 11) is -1.75. The second-order valence-electron chi connectivity index (χ2n) is 11.2. The van der Waals surface area contributed by atoms with Gasteiger partial charge in [-0.2, -0.15) is 0 Å². The summed E-state index contributed by atoms with van der Waals surface area (Å²) >= 11 is 0. The molecule has 2 atom stereocenters. The molecule has 9 nitrogen and oxygen atoms in total. The molecule has 0 spiro atoms. The Morgan fingerprint density at radius 3 is 2.46 bits per heavy atom. The number of aromatic nitrogens is 2. The molecule has 1 aliphatic heterocycles. The van der Waals surface area contributed by atoms with Crippen LogP contribution in [0.25, 0.3) is 10.8 Å². The van der Waals surface area contributed by atoms with Crippen LogP contribution in [0.5, 0.6) is 0 Å². The molecular formula is C29H37N5O4S. The smallest absolute Gasteiger partial charge is 0.259 e. The first-order valence-electron chi connectivity index (χ1n) is 13.5. The summed E-state index contributed by atoms with van der Waals surface area (Å²) in [6.07, 6.45) is 3.13. The fraction of sp³-hybridized carbons (Fsp3) is 0.483. The van der Waals surface area contributed by atoms with Gasteiger partial charge in [-0.1, -0.05) is 6.07 Å². The van der Waals surface area contributed by atoms with E-state index in [1.807, 2.05) is 30.9 Å². The van der Waals surface area contributed by atoms with Gasteiger partial charge in [0.25, 0.3) is 5.56 Å². The van der Waals surface area contributed by atoms with Crippen LogP contribution in [0.3, 0.4) is 0 Å². The Balaban J connectivity index is 1.53. The minimum Gasteiger partial charge on any atom is -0.376 e. The van der Waals surface area contributed by atoms with E-state index in [1.165, 1.54) is 0 Å². The number of fused-ring (bicyclic) bond motifs is 1. The van der Waals surface area contributed by atoms with E-state index in [0.29, 0.717) is 36.4 Å². The number of pyridine rings is 2. The van der Waals surface area contributed by atoms with Gasteiger partial charge in [0.05, 0.1) is 5.69 Å². The van der Waals surface area contributed by atoms with Crippen molar-refractivity contribution in [2.24, 2.45) is 13.0 Å². The molecule has 39 heavy (non-hydrogen) atoms. The maximum Gasteiger partial charge on any atom is 0.259 e. The van der Waals surface area contributed by atoms with Crippen molar-refractivity contribution >= 4 is 38.0 Å². The number of piperazine rings is 1. The molecule has 5 rings (SSSR count). The van der Waals surface area contributed by atoms with Crippen molar-refractivity contribution in [3.8, 4) is 0 Å². The number of anilines is 2. The molecule has 1 N–H and O–H groups in total. The van der Waals surface area contributed by atoms with E-state index in [4.69, 9.17) is 0 Å². The Morgan fingerprint density at radius 1 is 1.10 bits per heavy atom. The van der Waals surface area contributed by atoms with Crippen molar-refractivity contribution < 1.29 is 13.2 Å². The van der Waals surface area contributed by atoms with Crippen LogP contribution in [-0.4, -0.2) is 60.7 Å². The average molecular weight is 552 g/mol. The van der Waals surface area contributed by atoms with E-state index in [-0.39, 0.29) is 34.5 Å². The van der Waals surface area contributed by atoms with E-state index < -0.39 is 9.84 Å². The van der Waals surface area contributed by atoms with Gasteiger partial charge in [0.15, 0.2) is 14.9 Å².